The van der Waals surface area contributed by atoms with Crippen LogP contribution in [0.5, 0.6) is 0 Å². The predicted molar refractivity (Wildman–Crippen MR) is 114 cm³/mol. The van der Waals surface area contributed by atoms with E-state index in [1.165, 1.54) is 5.54 Å². The minimum atomic E-state index is -1.84. The van der Waals surface area contributed by atoms with E-state index in [2.05, 4.69) is 53.0 Å². The smallest absolute Gasteiger partial charge is 0.191 e. The Hall–Kier alpha value is -1.21. The van der Waals surface area contributed by atoms with E-state index in [1.54, 1.807) is 0 Å². The molecule has 134 valence electrons. The van der Waals surface area contributed by atoms with Gasteiger partial charge in [0.05, 0.1) is 11.0 Å². The summed E-state index contributed by atoms with van der Waals surface area (Å²) in [5.41, 5.74) is 8.55. The first kappa shape index (κ1) is 20.1. The van der Waals surface area contributed by atoms with E-state index in [-0.39, 0.29) is 0 Å². The molecule has 0 amide bonds. The minimum Gasteiger partial charge on any atom is -0.275 e. The Morgan fingerprint density at radius 2 is 1.64 bits per heavy atom. The van der Waals surface area contributed by atoms with Crippen molar-refractivity contribution in [3.05, 3.63) is 35.6 Å². The summed E-state index contributed by atoms with van der Waals surface area (Å²) in [7, 11) is -1.84. The van der Waals surface area contributed by atoms with Gasteiger partial charge in [0.25, 0.3) is 0 Å². The fourth-order valence-electron chi connectivity index (χ4n) is 3.97. The molecule has 1 heterocycles. The summed E-state index contributed by atoms with van der Waals surface area (Å²) in [6.07, 6.45) is 0. The van der Waals surface area contributed by atoms with Crippen molar-refractivity contribution in [3.63, 3.8) is 0 Å². The molecule has 2 rings (SSSR count). The van der Waals surface area contributed by atoms with Crippen LogP contribution in [0.3, 0.4) is 0 Å². The molecule has 0 unspecified atom stereocenters. The third kappa shape index (κ3) is 3.67. The lowest BCUT2D eigenvalue weighted by molar-refractivity contribution is 0.838. The molecule has 0 fully saturated rings. The Kier molecular flexibility index (Phi) is 6.43. The zero-order chi connectivity index (χ0) is 18.8. The third-order valence-electron chi connectivity index (χ3n) is 5.12. The van der Waals surface area contributed by atoms with Crippen molar-refractivity contribution in [3.8, 4) is 11.5 Å². The van der Waals surface area contributed by atoms with Gasteiger partial charge in [0, 0.05) is 5.54 Å². The van der Waals surface area contributed by atoms with E-state index >= 15 is 0 Å². The van der Waals surface area contributed by atoms with Gasteiger partial charge in [0.15, 0.2) is 5.82 Å². The first-order valence-electron chi connectivity index (χ1n) is 8.72. The molecule has 0 N–H and O–H groups in total. The first-order valence-corrected chi connectivity index (χ1v) is 11.8. The second-order valence-corrected chi connectivity index (χ2v) is 13.5. The summed E-state index contributed by atoms with van der Waals surface area (Å²) < 4.78 is 1.83. The van der Waals surface area contributed by atoms with Gasteiger partial charge < -0.3 is 0 Å². The van der Waals surface area contributed by atoms with E-state index in [9.17, 15) is 0 Å². The van der Waals surface area contributed by atoms with Gasteiger partial charge in [-0.1, -0.05) is 76.9 Å². The molecule has 0 saturated carbocycles. The average molecular weight is 393 g/mol. The lowest BCUT2D eigenvalue weighted by atomic mass is 10.3. The number of nitrogens with zero attached hydrogens (tertiary/aromatic N) is 2. The Labute approximate surface area is 162 Å². The van der Waals surface area contributed by atoms with Crippen molar-refractivity contribution >= 4 is 47.5 Å². The summed E-state index contributed by atoms with van der Waals surface area (Å²) in [5, 5.41) is 0.408. The maximum absolute atomic E-state index is 6.35. The van der Waals surface area contributed by atoms with E-state index in [0.29, 0.717) is 27.6 Å². The van der Waals surface area contributed by atoms with Gasteiger partial charge in [0.1, 0.15) is 13.2 Å². The maximum atomic E-state index is 6.35. The van der Waals surface area contributed by atoms with Crippen molar-refractivity contribution in [2.24, 2.45) is 0 Å². The Morgan fingerprint density at radius 3 is 2.16 bits per heavy atom. The van der Waals surface area contributed by atoms with Crippen LogP contribution in [0, 0.1) is 11.5 Å². The number of aromatic nitrogens is 2. The average Bonchev–Trinajstić information content (AvgIpc) is 2.92. The summed E-state index contributed by atoms with van der Waals surface area (Å²) in [5.74, 6) is 4.04. The molecule has 25 heavy (non-hydrogen) atoms. The van der Waals surface area contributed by atoms with Gasteiger partial charge in [-0.25, -0.2) is 4.98 Å². The second-order valence-electron chi connectivity index (χ2n) is 7.34. The highest BCUT2D eigenvalue weighted by atomic mass is 35.5. The number of halogens is 2. The first-order chi connectivity index (χ1) is 11.8. The normalized spacial score (nSPS) is 13.0. The Bertz CT molecular complexity index is 816. The molecule has 2 nitrogen and oxygen atoms in total. The number of fused-ring (bicyclic) bond motifs is 1. The van der Waals surface area contributed by atoms with Crippen LogP contribution in [0.1, 0.15) is 47.4 Å². The lowest BCUT2D eigenvalue weighted by Gasteiger charge is -2.38. The molecule has 0 radical (unpaired) electrons. The van der Waals surface area contributed by atoms with Gasteiger partial charge in [0.2, 0.25) is 0 Å². The number of hydrogen-bond donors (Lipinski definition) is 0. The summed E-state index contributed by atoms with van der Waals surface area (Å²) >= 11 is 12.2. The number of para-hydroxylation sites is 2. The quantitative estimate of drug-likeness (QED) is 0.411. The number of hydrogen-bond acceptors (Lipinski definition) is 1. The topological polar surface area (TPSA) is 17.8 Å². The highest BCUT2D eigenvalue weighted by Crippen LogP contribution is 2.40. The zero-order valence-corrected chi connectivity index (χ0v) is 18.3. The zero-order valence-electron chi connectivity index (χ0n) is 15.8. The van der Waals surface area contributed by atoms with Crippen LogP contribution in [0.15, 0.2) is 29.8 Å². The van der Waals surface area contributed by atoms with Crippen LogP contribution >= 0.6 is 23.2 Å². The van der Waals surface area contributed by atoms with Gasteiger partial charge >= 0.3 is 0 Å². The molecule has 0 bridgehead atoms. The SMILES string of the molecule is CC(C)[Si](C#Cc1nc2ccccc2n1/C(Cl)=C\Cl)(C(C)C)C(C)C. The van der Waals surface area contributed by atoms with Gasteiger partial charge in [-0.3, -0.25) is 4.57 Å². The molecule has 1 aromatic carbocycles. The highest BCUT2D eigenvalue weighted by Gasteiger charge is 2.41. The van der Waals surface area contributed by atoms with Crippen molar-refractivity contribution in [2.75, 3.05) is 0 Å². The minimum absolute atomic E-state index is 0.408. The van der Waals surface area contributed by atoms with Crippen molar-refractivity contribution < 1.29 is 0 Å². The fourth-order valence-corrected chi connectivity index (χ4v) is 9.44. The largest absolute Gasteiger partial charge is 0.275 e. The number of imidazole rings is 1. The summed E-state index contributed by atoms with van der Waals surface area (Å²) in [6.45, 7) is 13.8. The number of benzene rings is 1. The van der Waals surface area contributed by atoms with E-state index in [0.717, 1.165) is 11.0 Å². The van der Waals surface area contributed by atoms with Crippen LogP contribution in [0.4, 0.5) is 0 Å². The van der Waals surface area contributed by atoms with Gasteiger partial charge in [-0.15, -0.1) is 5.54 Å². The molecule has 0 atom stereocenters. The standard InChI is InChI=1S/C20H26Cl2N2Si/c1-14(2)25(15(3)4,16(5)6)12-11-20-23-17-9-7-8-10-18(17)24(20)19(22)13-21/h7-10,13-16H,1-6H3/b19-13-. The fraction of sp³-hybridized carbons (Fsp3) is 0.450. The molecule has 1 aromatic heterocycles. The Balaban J connectivity index is 2.70. The predicted octanol–water partition coefficient (Wildman–Crippen LogP) is 6.84. The van der Waals surface area contributed by atoms with E-state index < -0.39 is 8.07 Å². The molecule has 5 heteroatoms. The molecule has 0 aliphatic carbocycles. The van der Waals surface area contributed by atoms with E-state index in [4.69, 9.17) is 28.2 Å². The molecule has 2 aromatic rings. The molecule has 0 aliphatic heterocycles. The van der Waals surface area contributed by atoms with Crippen LogP contribution in [-0.4, -0.2) is 17.6 Å². The highest BCUT2D eigenvalue weighted by molar-refractivity contribution is 6.90. The molecule has 0 spiro atoms. The van der Waals surface area contributed by atoms with Crippen LogP contribution < -0.4 is 0 Å². The van der Waals surface area contributed by atoms with Crippen molar-refractivity contribution in [1.29, 1.82) is 0 Å². The molecule has 0 saturated heterocycles. The summed E-state index contributed by atoms with van der Waals surface area (Å²) in [6, 6.07) is 7.87. The van der Waals surface area contributed by atoms with Crippen LogP contribution in [-0.2, 0) is 0 Å². The molecular formula is C20H26Cl2N2Si. The van der Waals surface area contributed by atoms with Crippen LogP contribution in [0.25, 0.3) is 16.2 Å². The third-order valence-corrected chi connectivity index (χ3v) is 12.0. The van der Waals surface area contributed by atoms with Crippen molar-refractivity contribution in [1.82, 2.24) is 9.55 Å². The molecular weight excluding hydrogens is 367 g/mol. The lowest BCUT2D eigenvalue weighted by Crippen LogP contribution is -2.43. The number of rotatable bonds is 4. The maximum Gasteiger partial charge on any atom is 0.191 e. The van der Waals surface area contributed by atoms with E-state index in [1.807, 2.05) is 28.8 Å². The van der Waals surface area contributed by atoms with Crippen LogP contribution in [0.2, 0.25) is 16.6 Å². The van der Waals surface area contributed by atoms with Crippen molar-refractivity contribution in [2.45, 2.75) is 58.2 Å². The van der Waals surface area contributed by atoms with Gasteiger partial charge in [-0.05, 0) is 34.7 Å². The monoisotopic (exact) mass is 392 g/mol. The second kappa shape index (κ2) is 7.99. The molecule has 0 aliphatic rings. The van der Waals surface area contributed by atoms with Gasteiger partial charge in [-0.2, -0.15) is 0 Å². The Morgan fingerprint density at radius 1 is 1.08 bits per heavy atom. The summed E-state index contributed by atoms with van der Waals surface area (Å²) in [4.78, 5) is 4.69.